The highest BCUT2D eigenvalue weighted by Crippen LogP contribution is 2.10. The topological polar surface area (TPSA) is 75.6 Å². The van der Waals surface area contributed by atoms with Crippen LogP contribution in [0.1, 0.15) is 84.0 Å². The van der Waals surface area contributed by atoms with Gasteiger partial charge in [0.05, 0.1) is 6.61 Å². The van der Waals surface area contributed by atoms with Crippen molar-refractivity contribution in [3.05, 3.63) is 0 Å². The molecule has 0 saturated carbocycles. The molecule has 2 N–H and O–H groups in total. The van der Waals surface area contributed by atoms with Gasteiger partial charge in [0, 0.05) is 0 Å². The van der Waals surface area contributed by atoms with Crippen LogP contribution in [0.3, 0.4) is 0 Å². The molecule has 0 spiro atoms. The Bertz CT molecular complexity index is 308. The normalized spacial score (nSPS) is 14.6. The van der Waals surface area contributed by atoms with Gasteiger partial charge in [0.1, 0.15) is 0 Å². The zero-order valence-corrected chi connectivity index (χ0v) is 15.0. The van der Waals surface area contributed by atoms with Gasteiger partial charge in [0.25, 0.3) is 0 Å². The van der Waals surface area contributed by atoms with E-state index in [1.54, 1.807) is 0 Å². The molecule has 0 aromatic carbocycles. The van der Waals surface area contributed by atoms with Gasteiger partial charge in [-0.25, -0.2) is 4.18 Å². The lowest BCUT2D eigenvalue weighted by Crippen LogP contribution is -2.04. The van der Waals surface area contributed by atoms with Gasteiger partial charge < -0.3 is 5.32 Å². The van der Waals surface area contributed by atoms with Crippen LogP contribution in [-0.2, 0) is 14.6 Å². The summed E-state index contributed by atoms with van der Waals surface area (Å²) in [5.41, 5.74) is 0. The van der Waals surface area contributed by atoms with E-state index in [-0.39, 0.29) is 6.61 Å². The molecule has 22 heavy (non-hydrogen) atoms. The predicted octanol–water partition coefficient (Wildman–Crippen LogP) is 4.10. The minimum Gasteiger partial charge on any atom is -0.317 e. The van der Waals surface area contributed by atoms with E-state index in [0.29, 0.717) is 6.42 Å². The lowest BCUT2D eigenvalue weighted by atomic mass is 10.1. The number of hydrogen-bond donors (Lipinski definition) is 2. The van der Waals surface area contributed by atoms with Crippen molar-refractivity contribution in [3.8, 4) is 0 Å². The standard InChI is InChI=1S/C12H26O4S.C4H9N/c1-2-3-4-5-6-7-8-9-10-11-12-16-17(13,14)15;1-2-4-5-3-1/h2-12H2,1H3,(H,13,14,15);5H,1-4H2. The largest absolute Gasteiger partial charge is 0.397 e. The Hall–Kier alpha value is -0.170. The van der Waals surface area contributed by atoms with Crippen molar-refractivity contribution in [1.82, 2.24) is 5.32 Å². The van der Waals surface area contributed by atoms with Crippen LogP contribution in [0.25, 0.3) is 0 Å². The Morgan fingerprint density at radius 3 is 1.68 bits per heavy atom. The molecule has 1 saturated heterocycles. The van der Waals surface area contributed by atoms with Gasteiger partial charge in [0.2, 0.25) is 0 Å². The molecule has 0 unspecified atom stereocenters. The summed E-state index contributed by atoms with van der Waals surface area (Å²) in [5, 5.41) is 3.22. The maximum absolute atomic E-state index is 10.2. The fourth-order valence-electron chi connectivity index (χ4n) is 2.38. The molecule has 5 nitrogen and oxygen atoms in total. The second-order valence-corrected chi connectivity index (χ2v) is 6.98. The van der Waals surface area contributed by atoms with E-state index >= 15 is 0 Å². The van der Waals surface area contributed by atoms with Gasteiger partial charge in [-0.15, -0.1) is 0 Å². The molecular weight excluding hydrogens is 302 g/mol. The predicted molar refractivity (Wildman–Crippen MR) is 91.4 cm³/mol. The number of hydrogen-bond acceptors (Lipinski definition) is 4. The Kier molecular flexibility index (Phi) is 15.6. The van der Waals surface area contributed by atoms with Crippen molar-refractivity contribution in [2.75, 3.05) is 19.7 Å². The Morgan fingerprint density at radius 1 is 0.864 bits per heavy atom. The van der Waals surface area contributed by atoms with Crippen LogP contribution in [0.2, 0.25) is 0 Å². The summed E-state index contributed by atoms with van der Waals surface area (Å²) in [4.78, 5) is 0. The summed E-state index contributed by atoms with van der Waals surface area (Å²) >= 11 is 0. The second kappa shape index (κ2) is 15.7. The zero-order valence-electron chi connectivity index (χ0n) is 14.2. The summed E-state index contributed by atoms with van der Waals surface area (Å²) in [6.07, 6.45) is 14.6. The van der Waals surface area contributed by atoms with Gasteiger partial charge in [-0.05, 0) is 32.4 Å². The van der Waals surface area contributed by atoms with Crippen molar-refractivity contribution in [1.29, 1.82) is 0 Å². The summed E-state index contributed by atoms with van der Waals surface area (Å²) < 4.78 is 33.0. The molecule has 0 aromatic rings. The fourth-order valence-corrected chi connectivity index (χ4v) is 2.71. The average molecular weight is 338 g/mol. The Labute approximate surface area is 137 Å². The van der Waals surface area contributed by atoms with Crippen LogP contribution < -0.4 is 5.32 Å². The van der Waals surface area contributed by atoms with E-state index in [1.807, 2.05) is 0 Å². The van der Waals surface area contributed by atoms with Crippen LogP contribution in [0.15, 0.2) is 0 Å². The van der Waals surface area contributed by atoms with E-state index in [1.165, 1.54) is 70.9 Å². The summed E-state index contributed by atoms with van der Waals surface area (Å²) in [6, 6.07) is 0. The molecule has 1 rings (SSSR count). The van der Waals surface area contributed by atoms with Crippen LogP contribution in [0, 0.1) is 0 Å². The number of unbranched alkanes of at least 4 members (excludes halogenated alkanes) is 9. The Morgan fingerprint density at radius 2 is 1.32 bits per heavy atom. The molecule has 6 heteroatoms. The molecule has 134 valence electrons. The van der Waals surface area contributed by atoms with Crippen molar-refractivity contribution in [3.63, 3.8) is 0 Å². The van der Waals surface area contributed by atoms with Crippen LogP contribution in [-0.4, -0.2) is 32.7 Å². The van der Waals surface area contributed by atoms with Gasteiger partial charge in [-0.1, -0.05) is 64.7 Å². The first-order valence-corrected chi connectivity index (χ1v) is 10.3. The maximum atomic E-state index is 10.2. The van der Waals surface area contributed by atoms with Crippen molar-refractivity contribution in [2.45, 2.75) is 84.0 Å². The van der Waals surface area contributed by atoms with Crippen LogP contribution in [0.5, 0.6) is 0 Å². The van der Waals surface area contributed by atoms with Crippen LogP contribution in [0.4, 0.5) is 0 Å². The molecule has 1 fully saturated rings. The summed E-state index contributed by atoms with van der Waals surface area (Å²) in [6.45, 7) is 4.81. The number of rotatable bonds is 12. The van der Waals surface area contributed by atoms with Gasteiger partial charge in [-0.3, -0.25) is 4.55 Å². The first-order valence-electron chi connectivity index (χ1n) is 8.89. The quantitative estimate of drug-likeness (QED) is 0.414. The highest BCUT2D eigenvalue weighted by Gasteiger charge is 2.02. The number of nitrogens with one attached hydrogen (secondary N) is 1. The molecular formula is C16H35NO4S. The summed E-state index contributed by atoms with van der Waals surface area (Å²) in [5.74, 6) is 0. The van der Waals surface area contributed by atoms with Crippen molar-refractivity contribution < 1.29 is 17.2 Å². The molecule has 1 aliphatic rings. The van der Waals surface area contributed by atoms with Crippen molar-refractivity contribution >= 4 is 10.4 Å². The highest BCUT2D eigenvalue weighted by molar-refractivity contribution is 7.80. The minimum absolute atomic E-state index is 0.0926. The minimum atomic E-state index is -4.23. The monoisotopic (exact) mass is 337 g/mol. The molecule has 0 radical (unpaired) electrons. The first-order chi connectivity index (χ1) is 10.6. The highest BCUT2D eigenvalue weighted by atomic mass is 32.3. The van der Waals surface area contributed by atoms with E-state index in [4.69, 9.17) is 4.55 Å². The average Bonchev–Trinajstić information content (AvgIpc) is 3.03. The first kappa shape index (κ1) is 21.8. The maximum Gasteiger partial charge on any atom is 0.397 e. The lowest BCUT2D eigenvalue weighted by Gasteiger charge is -2.02. The SMILES string of the molecule is C1CCNC1.CCCCCCCCCCCCOS(=O)(=O)O. The van der Waals surface area contributed by atoms with E-state index in [2.05, 4.69) is 16.4 Å². The van der Waals surface area contributed by atoms with Gasteiger partial charge in [0.15, 0.2) is 0 Å². The third-order valence-corrected chi connectivity index (χ3v) is 4.15. The van der Waals surface area contributed by atoms with Crippen molar-refractivity contribution in [2.24, 2.45) is 0 Å². The third-order valence-electron chi connectivity index (χ3n) is 3.69. The van der Waals surface area contributed by atoms with E-state index in [0.717, 1.165) is 12.8 Å². The molecule has 1 aliphatic heterocycles. The molecule has 0 atom stereocenters. The fraction of sp³-hybridized carbons (Fsp3) is 1.00. The van der Waals surface area contributed by atoms with E-state index < -0.39 is 10.4 Å². The molecule has 0 bridgehead atoms. The third kappa shape index (κ3) is 19.8. The smallest absolute Gasteiger partial charge is 0.317 e. The molecule has 0 aromatic heterocycles. The second-order valence-electron chi connectivity index (χ2n) is 5.89. The van der Waals surface area contributed by atoms with Crippen LogP contribution >= 0.6 is 0 Å². The zero-order chi connectivity index (χ0) is 16.5. The van der Waals surface area contributed by atoms with E-state index in [9.17, 15) is 8.42 Å². The van der Waals surface area contributed by atoms with Gasteiger partial charge in [-0.2, -0.15) is 8.42 Å². The molecule has 1 heterocycles. The summed E-state index contributed by atoms with van der Waals surface area (Å²) in [7, 11) is -4.23. The van der Waals surface area contributed by atoms with Gasteiger partial charge >= 0.3 is 10.4 Å². The molecule has 0 aliphatic carbocycles. The lowest BCUT2D eigenvalue weighted by molar-refractivity contribution is 0.261. The Balaban J connectivity index is 0.000000734. The molecule has 0 amide bonds.